The Morgan fingerprint density at radius 1 is 1.25 bits per heavy atom. The summed E-state index contributed by atoms with van der Waals surface area (Å²) < 4.78 is 40.6. The van der Waals surface area contributed by atoms with Crippen molar-refractivity contribution in [2.75, 3.05) is 11.4 Å². The number of aliphatic hydroxyl groups excluding tert-OH is 1. The van der Waals surface area contributed by atoms with Crippen LogP contribution in [0.4, 0.5) is 18.9 Å². The Labute approximate surface area is 142 Å². The van der Waals surface area contributed by atoms with Crippen LogP contribution < -0.4 is 9.64 Å². The standard InChI is InChI=1S/C16H17ClF3NO3/c17-12-9-11(24-16(18,19)20)1-2-13(12)21-8-7-15(14(21)23)5-3-10(22)4-6-15/h1-2,9-10,22H,3-8H2. The summed E-state index contributed by atoms with van der Waals surface area (Å²) in [6.45, 7) is 0.466. The molecule has 24 heavy (non-hydrogen) atoms. The number of halogens is 4. The van der Waals surface area contributed by atoms with Crippen molar-refractivity contribution in [1.29, 1.82) is 0 Å². The molecule has 1 amide bonds. The lowest BCUT2D eigenvalue weighted by atomic mass is 9.72. The van der Waals surface area contributed by atoms with E-state index in [1.165, 1.54) is 11.0 Å². The zero-order valence-electron chi connectivity index (χ0n) is 12.8. The molecule has 8 heteroatoms. The number of amides is 1. The van der Waals surface area contributed by atoms with Gasteiger partial charge in [-0.3, -0.25) is 4.79 Å². The molecule has 3 rings (SSSR count). The summed E-state index contributed by atoms with van der Waals surface area (Å²) in [6, 6.07) is 3.59. The second-order valence-corrected chi connectivity index (χ2v) is 6.79. The molecule has 0 bridgehead atoms. The first-order valence-corrected chi connectivity index (χ1v) is 8.13. The fourth-order valence-electron chi connectivity index (χ4n) is 3.57. The quantitative estimate of drug-likeness (QED) is 0.867. The number of nitrogens with zero attached hydrogens (tertiary/aromatic N) is 1. The predicted octanol–water partition coefficient (Wildman–Crippen LogP) is 3.90. The molecule has 1 N–H and O–H groups in total. The second kappa shape index (κ2) is 6.11. The van der Waals surface area contributed by atoms with E-state index in [2.05, 4.69) is 4.74 Å². The number of ether oxygens (including phenoxy) is 1. The molecule has 1 aromatic rings. The van der Waals surface area contributed by atoms with E-state index in [-0.39, 0.29) is 17.0 Å². The average Bonchev–Trinajstić information content (AvgIpc) is 2.79. The first-order chi connectivity index (χ1) is 11.2. The van der Waals surface area contributed by atoms with Gasteiger partial charge in [-0.2, -0.15) is 0 Å². The van der Waals surface area contributed by atoms with Gasteiger partial charge in [-0.25, -0.2) is 0 Å². The van der Waals surface area contributed by atoms with Gasteiger partial charge >= 0.3 is 6.36 Å². The summed E-state index contributed by atoms with van der Waals surface area (Å²) in [5, 5.41) is 9.68. The third-order valence-corrected chi connectivity index (χ3v) is 5.17. The van der Waals surface area contributed by atoms with Crippen LogP contribution in [0.1, 0.15) is 32.1 Å². The van der Waals surface area contributed by atoms with E-state index in [9.17, 15) is 23.1 Å². The lowest BCUT2D eigenvalue weighted by molar-refractivity contribution is -0.274. The average molecular weight is 364 g/mol. The van der Waals surface area contributed by atoms with Gasteiger partial charge in [0.15, 0.2) is 0 Å². The topological polar surface area (TPSA) is 49.8 Å². The number of rotatable bonds is 2. The molecule has 1 spiro atoms. The number of carbonyl (C=O) groups is 1. The van der Waals surface area contributed by atoms with E-state index in [1.807, 2.05) is 0 Å². The molecule has 1 heterocycles. The Bertz CT molecular complexity index is 642. The molecule has 0 radical (unpaired) electrons. The zero-order chi connectivity index (χ0) is 17.5. The molecule has 2 aliphatic rings. The summed E-state index contributed by atoms with van der Waals surface area (Å²) in [5.41, 5.74) is -0.0943. The van der Waals surface area contributed by atoms with Gasteiger partial charge in [0.2, 0.25) is 5.91 Å². The highest BCUT2D eigenvalue weighted by Crippen LogP contribution is 2.47. The van der Waals surface area contributed by atoms with Crippen LogP contribution in [0.25, 0.3) is 0 Å². The second-order valence-electron chi connectivity index (χ2n) is 6.38. The normalized spacial score (nSPS) is 27.8. The molecule has 0 aromatic heterocycles. The Balaban J connectivity index is 1.79. The molecular weight excluding hydrogens is 347 g/mol. The van der Waals surface area contributed by atoms with Crippen LogP contribution in [0.5, 0.6) is 5.75 Å². The van der Waals surface area contributed by atoms with E-state index in [1.54, 1.807) is 0 Å². The number of hydrogen-bond acceptors (Lipinski definition) is 3. The highest BCUT2D eigenvalue weighted by atomic mass is 35.5. The van der Waals surface area contributed by atoms with Gasteiger partial charge in [0, 0.05) is 12.6 Å². The number of alkyl halides is 3. The van der Waals surface area contributed by atoms with Gasteiger partial charge in [0.05, 0.1) is 22.2 Å². The van der Waals surface area contributed by atoms with Gasteiger partial charge in [-0.15, -0.1) is 13.2 Å². The number of hydrogen-bond donors (Lipinski definition) is 1. The minimum absolute atomic E-state index is 0.0398. The Kier molecular flexibility index (Phi) is 4.42. The van der Waals surface area contributed by atoms with Crippen molar-refractivity contribution in [3.63, 3.8) is 0 Å². The van der Waals surface area contributed by atoms with Gasteiger partial charge in [-0.1, -0.05) is 11.6 Å². The summed E-state index contributed by atoms with van der Waals surface area (Å²) in [4.78, 5) is 14.4. The van der Waals surface area contributed by atoms with Crippen molar-refractivity contribution in [2.24, 2.45) is 5.41 Å². The zero-order valence-corrected chi connectivity index (χ0v) is 13.5. The van der Waals surface area contributed by atoms with Crippen molar-refractivity contribution in [3.05, 3.63) is 23.2 Å². The number of benzene rings is 1. The smallest absolute Gasteiger partial charge is 0.406 e. The van der Waals surface area contributed by atoms with Gasteiger partial charge in [0.1, 0.15) is 5.75 Å². The minimum Gasteiger partial charge on any atom is -0.406 e. The van der Waals surface area contributed by atoms with Gasteiger partial charge < -0.3 is 14.7 Å². The highest BCUT2D eigenvalue weighted by Gasteiger charge is 2.48. The fourth-order valence-corrected chi connectivity index (χ4v) is 3.85. The summed E-state index contributed by atoms with van der Waals surface area (Å²) in [7, 11) is 0. The molecular formula is C16H17ClF3NO3. The van der Waals surface area contributed by atoms with E-state index < -0.39 is 17.5 Å². The first-order valence-electron chi connectivity index (χ1n) is 7.76. The van der Waals surface area contributed by atoms with Crippen LogP contribution in [0.3, 0.4) is 0 Å². The predicted molar refractivity (Wildman–Crippen MR) is 82.0 cm³/mol. The van der Waals surface area contributed by atoms with Crippen molar-refractivity contribution in [1.82, 2.24) is 0 Å². The maximum atomic E-state index is 12.8. The molecule has 1 saturated heterocycles. The van der Waals surface area contributed by atoms with Crippen LogP contribution in [0.2, 0.25) is 5.02 Å². The third-order valence-electron chi connectivity index (χ3n) is 4.87. The maximum Gasteiger partial charge on any atom is 0.573 e. The Hall–Kier alpha value is -1.47. The Morgan fingerprint density at radius 2 is 1.92 bits per heavy atom. The van der Waals surface area contributed by atoms with Gasteiger partial charge in [0.25, 0.3) is 0 Å². The summed E-state index contributed by atoms with van der Waals surface area (Å²) >= 11 is 6.07. The number of aliphatic hydroxyl groups is 1. The molecule has 4 nitrogen and oxygen atoms in total. The maximum absolute atomic E-state index is 12.8. The molecule has 132 valence electrons. The van der Waals surface area contributed by atoms with Crippen LogP contribution in [0.15, 0.2) is 18.2 Å². The van der Waals surface area contributed by atoms with E-state index in [0.29, 0.717) is 44.3 Å². The molecule has 0 unspecified atom stereocenters. The largest absolute Gasteiger partial charge is 0.573 e. The van der Waals surface area contributed by atoms with Gasteiger partial charge in [-0.05, 0) is 44.2 Å². The Morgan fingerprint density at radius 3 is 2.50 bits per heavy atom. The van der Waals surface area contributed by atoms with Crippen LogP contribution >= 0.6 is 11.6 Å². The lowest BCUT2D eigenvalue weighted by Crippen LogP contribution is -2.38. The molecule has 1 saturated carbocycles. The molecule has 2 fully saturated rings. The molecule has 0 atom stereocenters. The minimum atomic E-state index is -4.79. The van der Waals surface area contributed by atoms with Crippen LogP contribution in [-0.2, 0) is 4.79 Å². The monoisotopic (exact) mass is 363 g/mol. The van der Waals surface area contributed by atoms with Crippen LogP contribution in [0, 0.1) is 5.41 Å². The highest BCUT2D eigenvalue weighted by molar-refractivity contribution is 6.34. The van der Waals surface area contributed by atoms with Crippen molar-refractivity contribution < 1.29 is 27.8 Å². The van der Waals surface area contributed by atoms with E-state index in [0.717, 1.165) is 12.1 Å². The molecule has 1 aliphatic heterocycles. The first kappa shape index (κ1) is 17.4. The van der Waals surface area contributed by atoms with Crippen molar-refractivity contribution >= 4 is 23.2 Å². The third kappa shape index (κ3) is 3.32. The number of anilines is 1. The SMILES string of the molecule is O=C1N(c2ccc(OC(F)(F)F)cc2Cl)CCC12CCC(O)CC2. The molecule has 1 aliphatic carbocycles. The number of carbonyl (C=O) groups excluding carboxylic acids is 1. The fraction of sp³-hybridized carbons (Fsp3) is 0.562. The van der Waals surface area contributed by atoms with Crippen LogP contribution in [-0.4, -0.2) is 30.0 Å². The summed E-state index contributed by atoms with van der Waals surface area (Å²) in [6.07, 6.45) is -2.07. The molecule has 1 aromatic carbocycles. The van der Waals surface area contributed by atoms with E-state index in [4.69, 9.17) is 11.6 Å². The van der Waals surface area contributed by atoms with Crippen molar-refractivity contribution in [2.45, 2.75) is 44.6 Å². The van der Waals surface area contributed by atoms with E-state index >= 15 is 0 Å². The van der Waals surface area contributed by atoms with Crippen molar-refractivity contribution in [3.8, 4) is 5.75 Å². The lowest BCUT2D eigenvalue weighted by Gasteiger charge is -2.33. The summed E-state index contributed by atoms with van der Waals surface area (Å²) in [5.74, 6) is -0.487.